The summed E-state index contributed by atoms with van der Waals surface area (Å²) in [6.45, 7) is 1.39. The molecule has 32 heavy (non-hydrogen) atoms. The Kier molecular flexibility index (Phi) is 6.34. The quantitative estimate of drug-likeness (QED) is 0.496. The zero-order valence-electron chi connectivity index (χ0n) is 17.4. The van der Waals surface area contributed by atoms with Crippen LogP contribution in [0.5, 0.6) is 0 Å². The van der Waals surface area contributed by atoms with Crippen molar-refractivity contribution in [2.75, 3.05) is 17.3 Å². The minimum Gasteiger partial charge on any atom is -0.456 e. The highest BCUT2D eigenvalue weighted by Gasteiger charge is 2.28. The van der Waals surface area contributed by atoms with Crippen molar-refractivity contribution in [1.29, 1.82) is 0 Å². The molecular weight excluding hydrogens is 446 g/mol. The van der Waals surface area contributed by atoms with E-state index in [9.17, 15) is 18.0 Å². The number of aryl methyl sites for hydroxylation is 1. The molecule has 1 aliphatic rings. The number of anilines is 2. The van der Waals surface area contributed by atoms with Gasteiger partial charge in [0, 0.05) is 9.79 Å². The van der Waals surface area contributed by atoms with Crippen molar-refractivity contribution in [1.82, 2.24) is 0 Å². The van der Waals surface area contributed by atoms with Crippen LogP contribution in [-0.2, 0) is 24.2 Å². The van der Waals surface area contributed by atoms with E-state index in [-0.39, 0.29) is 17.1 Å². The summed E-state index contributed by atoms with van der Waals surface area (Å²) in [6.07, 6.45) is -0.327. The molecule has 8 heteroatoms. The number of amides is 1. The van der Waals surface area contributed by atoms with Gasteiger partial charge in [0.15, 0.2) is 16.4 Å². The fourth-order valence-corrected chi connectivity index (χ4v) is 5.61. The molecule has 0 atom stereocenters. The molecule has 0 unspecified atom stereocenters. The smallest absolute Gasteiger partial charge is 0.307 e. The Morgan fingerprint density at radius 1 is 0.875 bits per heavy atom. The average Bonchev–Trinajstić information content (AvgIpc) is 2.80. The van der Waals surface area contributed by atoms with Gasteiger partial charge in [-0.25, -0.2) is 8.42 Å². The Labute approximate surface area is 191 Å². The van der Waals surface area contributed by atoms with Gasteiger partial charge in [0.05, 0.1) is 28.4 Å². The molecule has 4 rings (SSSR count). The Balaban J connectivity index is 1.41. The van der Waals surface area contributed by atoms with Gasteiger partial charge in [-0.05, 0) is 43.3 Å². The molecule has 0 fully saturated rings. The molecule has 3 aromatic carbocycles. The van der Waals surface area contributed by atoms with Crippen molar-refractivity contribution in [3.05, 3.63) is 78.4 Å². The molecule has 0 aromatic heterocycles. The lowest BCUT2D eigenvalue weighted by atomic mass is 10.2. The predicted molar refractivity (Wildman–Crippen MR) is 123 cm³/mol. The van der Waals surface area contributed by atoms with Crippen LogP contribution in [0, 0.1) is 6.92 Å². The van der Waals surface area contributed by atoms with Crippen LogP contribution in [-0.4, -0.2) is 32.7 Å². The van der Waals surface area contributed by atoms with Crippen LogP contribution in [0.3, 0.4) is 0 Å². The number of carbonyl (C=O) groups is 2. The first kappa shape index (κ1) is 22.1. The van der Waals surface area contributed by atoms with Gasteiger partial charge in [0.1, 0.15) is 0 Å². The minimum atomic E-state index is -3.61. The van der Waals surface area contributed by atoms with E-state index in [4.69, 9.17) is 4.74 Å². The summed E-state index contributed by atoms with van der Waals surface area (Å²) in [5.74, 6) is -1.52. The molecule has 0 radical (unpaired) electrons. The number of fused-ring (bicyclic) bond motifs is 2. The highest BCUT2D eigenvalue weighted by molar-refractivity contribution is 7.99. The molecule has 0 saturated carbocycles. The van der Waals surface area contributed by atoms with Crippen molar-refractivity contribution in [3.8, 4) is 0 Å². The number of benzene rings is 3. The molecule has 6 nitrogen and oxygen atoms in total. The first-order valence-corrected chi connectivity index (χ1v) is 12.5. The number of para-hydroxylation sites is 2. The van der Waals surface area contributed by atoms with Gasteiger partial charge in [-0.3, -0.25) is 14.5 Å². The lowest BCUT2D eigenvalue weighted by Gasteiger charge is -2.30. The van der Waals surface area contributed by atoms with Crippen molar-refractivity contribution < 1.29 is 22.7 Å². The number of ether oxygens (including phenoxy) is 1. The molecule has 0 bridgehead atoms. The Morgan fingerprint density at radius 3 is 2.03 bits per heavy atom. The summed E-state index contributed by atoms with van der Waals surface area (Å²) < 4.78 is 30.0. The van der Waals surface area contributed by atoms with Gasteiger partial charge >= 0.3 is 5.97 Å². The summed E-state index contributed by atoms with van der Waals surface area (Å²) in [6, 6.07) is 21.5. The standard InChI is InChI=1S/C24H21NO5S2/c1-17-10-12-18(13-11-17)32(28,29)15-14-24(27)30-16-23(26)25-19-6-2-4-8-21(19)31-22-9-5-3-7-20(22)25/h2-13H,14-16H2,1H3. The van der Waals surface area contributed by atoms with E-state index in [0.29, 0.717) is 0 Å². The molecular formula is C24H21NO5S2. The Bertz CT molecular complexity index is 1220. The SMILES string of the molecule is Cc1ccc(S(=O)(=O)CCC(=O)OCC(=O)N2c3ccccc3Sc3ccccc32)cc1. The normalized spacial score (nSPS) is 12.6. The van der Waals surface area contributed by atoms with Gasteiger partial charge < -0.3 is 4.74 Å². The summed E-state index contributed by atoms with van der Waals surface area (Å²) in [5.41, 5.74) is 2.39. The number of nitrogens with zero attached hydrogens (tertiary/aromatic N) is 1. The molecule has 3 aromatic rings. The van der Waals surface area contributed by atoms with E-state index < -0.39 is 28.3 Å². The molecule has 0 spiro atoms. The first-order chi connectivity index (χ1) is 15.3. The summed E-state index contributed by atoms with van der Waals surface area (Å²) in [7, 11) is -3.61. The lowest BCUT2D eigenvalue weighted by Crippen LogP contribution is -2.32. The Hall–Kier alpha value is -3.10. The van der Waals surface area contributed by atoms with Crippen molar-refractivity contribution in [2.45, 2.75) is 28.0 Å². The highest BCUT2D eigenvalue weighted by Crippen LogP contribution is 2.47. The van der Waals surface area contributed by atoms with Crippen LogP contribution in [0.25, 0.3) is 0 Å². The maximum atomic E-state index is 13.0. The van der Waals surface area contributed by atoms with Crippen LogP contribution in [0.15, 0.2) is 87.5 Å². The minimum absolute atomic E-state index is 0.158. The average molecular weight is 468 g/mol. The van der Waals surface area contributed by atoms with E-state index in [1.165, 1.54) is 17.0 Å². The zero-order chi connectivity index (χ0) is 22.7. The topological polar surface area (TPSA) is 80.7 Å². The van der Waals surface area contributed by atoms with Crippen LogP contribution in [0.4, 0.5) is 11.4 Å². The third kappa shape index (κ3) is 4.71. The molecule has 164 valence electrons. The van der Waals surface area contributed by atoms with E-state index in [0.717, 1.165) is 26.7 Å². The number of hydrogen-bond acceptors (Lipinski definition) is 6. The maximum Gasteiger partial charge on any atom is 0.307 e. The monoisotopic (exact) mass is 467 g/mol. The van der Waals surface area contributed by atoms with Gasteiger partial charge in [-0.2, -0.15) is 0 Å². The second kappa shape index (κ2) is 9.18. The molecule has 1 aliphatic heterocycles. The molecule has 1 heterocycles. The van der Waals surface area contributed by atoms with Crippen molar-refractivity contribution in [2.24, 2.45) is 0 Å². The largest absolute Gasteiger partial charge is 0.456 e. The third-order valence-corrected chi connectivity index (χ3v) is 7.86. The third-order valence-electron chi connectivity index (χ3n) is 4.99. The zero-order valence-corrected chi connectivity index (χ0v) is 19.0. The second-order valence-corrected chi connectivity index (χ2v) is 10.5. The number of carbonyl (C=O) groups excluding carboxylic acids is 2. The van der Waals surface area contributed by atoms with Crippen molar-refractivity contribution >= 4 is 44.9 Å². The van der Waals surface area contributed by atoms with Gasteiger partial charge in [0.25, 0.3) is 5.91 Å². The van der Waals surface area contributed by atoms with E-state index in [2.05, 4.69) is 0 Å². The van der Waals surface area contributed by atoms with Crippen LogP contribution >= 0.6 is 11.8 Å². The van der Waals surface area contributed by atoms with Crippen molar-refractivity contribution in [3.63, 3.8) is 0 Å². The highest BCUT2D eigenvalue weighted by atomic mass is 32.2. The number of rotatable bonds is 6. The fourth-order valence-electron chi connectivity index (χ4n) is 3.33. The summed E-state index contributed by atoms with van der Waals surface area (Å²) >= 11 is 1.57. The van der Waals surface area contributed by atoms with E-state index in [1.54, 1.807) is 23.9 Å². The van der Waals surface area contributed by atoms with E-state index in [1.807, 2.05) is 55.5 Å². The van der Waals surface area contributed by atoms with Gasteiger partial charge in [-0.1, -0.05) is 53.7 Å². The number of sulfone groups is 1. The van der Waals surface area contributed by atoms with Gasteiger partial charge in [-0.15, -0.1) is 0 Å². The summed E-state index contributed by atoms with van der Waals surface area (Å²) in [4.78, 5) is 28.7. The van der Waals surface area contributed by atoms with Crippen LogP contribution < -0.4 is 4.90 Å². The second-order valence-electron chi connectivity index (χ2n) is 7.31. The van der Waals surface area contributed by atoms with Gasteiger partial charge in [0.2, 0.25) is 0 Å². The first-order valence-electron chi connectivity index (χ1n) is 9.99. The predicted octanol–water partition coefficient (Wildman–Crippen LogP) is 4.53. The number of hydrogen-bond donors (Lipinski definition) is 0. The maximum absolute atomic E-state index is 13.0. The lowest BCUT2D eigenvalue weighted by molar-refractivity contribution is -0.147. The molecule has 1 amide bonds. The van der Waals surface area contributed by atoms with Crippen LogP contribution in [0.2, 0.25) is 0 Å². The van der Waals surface area contributed by atoms with E-state index >= 15 is 0 Å². The molecule has 0 aliphatic carbocycles. The van der Waals surface area contributed by atoms with Crippen LogP contribution in [0.1, 0.15) is 12.0 Å². The fraction of sp³-hybridized carbons (Fsp3) is 0.167. The molecule has 0 N–H and O–H groups in total. The molecule has 0 saturated heterocycles. The number of esters is 1. The Morgan fingerprint density at radius 2 is 1.44 bits per heavy atom. The summed E-state index contributed by atoms with van der Waals surface area (Å²) in [5, 5.41) is 0.